The van der Waals surface area contributed by atoms with Crippen molar-refractivity contribution in [3.8, 4) is 17.1 Å². The van der Waals surface area contributed by atoms with Crippen LogP contribution >= 0.6 is 12.2 Å². The van der Waals surface area contributed by atoms with Gasteiger partial charge in [0.15, 0.2) is 5.11 Å². The van der Waals surface area contributed by atoms with Gasteiger partial charge in [0, 0.05) is 16.9 Å². The molecule has 1 unspecified atom stereocenters. The second-order valence-electron chi connectivity index (χ2n) is 8.53. The lowest BCUT2D eigenvalue weighted by Gasteiger charge is -2.37. The predicted molar refractivity (Wildman–Crippen MR) is 147 cm³/mol. The van der Waals surface area contributed by atoms with Crippen LogP contribution in [0, 0.1) is 0 Å². The molecule has 1 aliphatic rings. The van der Waals surface area contributed by atoms with E-state index < -0.39 is 0 Å². The van der Waals surface area contributed by atoms with E-state index in [2.05, 4.69) is 41.7 Å². The molecular formula is C29H28N4O2S. The molecule has 1 aliphatic heterocycles. The first kappa shape index (κ1) is 23.8. The molecule has 182 valence electrons. The van der Waals surface area contributed by atoms with Crippen molar-refractivity contribution < 1.29 is 9.26 Å². The highest BCUT2D eigenvalue weighted by molar-refractivity contribution is 7.80. The summed E-state index contributed by atoms with van der Waals surface area (Å²) >= 11 is 5.84. The fourth-order valence-corrected chi connectivity index (χ4v) is 4.78. The first-order valence-corrected chi connectivity index (χ1v) is 12.5. The van der Waals surface area contributed by atoms with E-state index in [4.69, 9.17) is 26.5 Å². The van der Waals surface area contributed by atoms with Gasteiger partial charge in [0.25, 0.3) is 5.89 Å². The van der Waals surface area contributed by atoms with Crippen LogP contribution in [0.25, 0.3) is 17.0 Å². The minimum atomic E-state index is -0.228. The van der Waals surface area contributed by atoms with Crippen LogP contribution < -0.4 is 15.0 Å². The molecule has 0 fully saturated rings. The van der Waals surface area contributed by atoms with Gasteiger partial charge in [-0.3, -0.25) is 4.90 Å². The molecule has 5 rings (SSSR count). The van der Waals surface area contributed by atoms with Gasteiger partial charge in [0.1, 0.15) is 5.75 Å². The molecule has 0 radical (unpaired) electrons. The lowest BCUT2D eigenvalue weighted by atomic mass is 9.94. The molecule has 1 aromatic heterocycles. The molecule has 4 aromatic rings. The number of rotatable bonds is 7. The van der Waals surface area contributed by atoms with Crippen LogP contribution in [-0.2, 0) is 6.42 Å². The quantitative estimate of drug-likeness (QED) is 0.291. The average Bonchev–Trinajstić information content (AvgIpc) is 3.40. The van der Waals surface area contributed by atoms with Gasteiger partial charge in [-0.15, -0.1) is 0 Å². The van der Waals surface area contributed by atoms with Crippen molar-refractivity contribution in [3.05, 3.63) is 102 Å². The van der Waals surface area contributed by atoms with Gasteiger partial charge in [0.05, 0.1) is 18.2 Å². The molecule has 3 aromatic carbocycles. The van der Waals surface area contributed by atoms with E-state index >= 15 is 0 Å². The number of nitrogens with one attached hydrogen (secondary N) is 1. The summed E-state index contributed by atoms with van der Waals surface area (Å²) in [6.45, 7) is 6.76. The molecule has 0 spiro atoms. The van der Waals surface area contributed by atoms with Crippen molar-refractivity contribution >= 4 is 28.6 Å². The zero-order chi connectivity index (χ0) is 25.1. The van der Waals surface area contributed by atoms with Crippen LogP contribution in [0.2, 0.25) is 0 Å². The van der Waals surface area contributed by atoms with Crippen LogP contribution in [0.15, 0.2) is 89.1 Å². The fraction of sp³-hybridized carbons (Fsp3) is 0.207. The zero-order valence-electron chi connectivity index (χ0n) is 20.6. The SMILES string of the molecule is CCOc1ccc(N2C(=S)NC(c3ccccc3)C(c3nc(-c4ccc(CC)cc4)no3)=C2C)cc1. The lowest BCUT2D eigenvalue weighted by Crippen LogP contribution is -2.46. The number of benzene rings is 3. The van der Waals surface area contributed by atoms with Crippen molar-refractivity contribution in [1.82, 2.24) is 15.5 Å². The van der Waals surface area contributed by atoms with Gasteiger partial charge < -0.3 is 14.6 Å². The molecule has 0 amide bonds. The predicted octanol–water partition coefficient (Wildman–Crippen LogP) is 6.56. The standard InChI is InChI=1S/C29H28N4O2S/c1-4-20-11-13-22(14-12-20)27-31-28(35-32-27)25-19(3)33(23-15-17-24(18-16-23)34-5-2)29(36)30-26(25)21-9-7-6-8-10-21/h6-18,26H,4-5H2,1-3H3,(H,30,36). The second kappa shape index (κ2) is 10.3. The Labute approximate surface area is 216 Å². The smallest absolute Gasteiger partial charge is 0.258 e. The van der Waals surface area contributed by atoms with Crippen molar-refractivity contribution in [2.24, 2.45) is 0 Å². The number of thiocarbonyl (C=S) groups is 1. The highest BCUT2D eigenvalue weighted by Gasteiger charge is 2.34. The summed E-state index contributed by atoms with van der Waals surface area (Å²) in [5.74, 6) is 1.83. The summed E-state index contributed by atoms with van der Waals surface area (Å²) in [7, 11) is 0. The molecule has 0 saturated carbocycles. The average molecular weight is 497 g/mol. The number of hydrogen-bond acceptors (Lipinski definition) is 5. The van der Waals surface area contributed by atoms with Crippen LogP contribution in [0.1, 0.15) is 43.8 Å². The zero-order valence-corrected chi connectivity index (χ0v) is 21.4. The summed E-state index contributed by atoms with van der Waals surface area (Å²) in [4.78, 5) is 6.81. The number of aryl methyl sites for hydroxylation is 1. The molecule has 36 heavy (non-hydrogen) atoms. The number of anilines is 1. The van der Waals surface area contributed by atoms with Gasteiger partial charge in [-0.05, 0) is 67.9 Å². The summed E-state index contributed by atoms with van der Waals surface area (Å²) < 4.78 is 11.5. The molecule has 2 heterocycles. The number of nitrogens with zero attached hydrogens (tertiary/aromatic N) is 3. The fourth-order valence-electron chi connectivity index (χ4n) is 4.42. The van der Waals surface area contributed by atoms with E-state index in [1.54, 1.807) is 0 Å². The Kier molecular flexibility index (Phi) is 6.82. The summed E-state index contributed by atoms with van der Waals surface area (Å²) in [6, 6.07) is 26.1. The van der Waals surface area contributed by atoms with Crippen LogP contribution in [0.5, 0.6) is 5.75 Å². The molecule has 1 N–H and O–H groups in total. The highest BCUT2D eigenvalue weighted by Crippen LogP contribution is 2.39. The largest absolute Gasteiger partial charge is 0.494 e. The van der Waals surface area contributed by atoms with Gasteiger partial charge in [-0.25, -0.2) is 0 Å². The maximum Gasteiger partial charge on any atom is 0.258 e. The van der Waals surface area contributed by atoms with Gasteiger partial charge in [-0.2, -0.15) is 4.98 Å². The monoisotopic (exact) mass is 496 g/mol. The molecule has 0 aliphatic carbocycles. The molecule has 6 nitrogen and oxygen atoms in total. The van der Waals surface area contributed by atoms with Gasteiger partial charge in [-0.1, -0.05) is 66.7 Å². The molecular weight excluding hydrogens is 468 g/mol. The van der Waals surface area contributed by atoms with Crippen LogP contribution in [0.3, 0.4) is 0 Å². The minimum absolute atomic E-state index is 0.228. The Morgan fingerprint density at radius 1 is 0.972 bits per heavy atom. The Hall–Kier alpha value is -3.97. The van der Waals surface area contributed by atoms with Crippen molar-refractivity contribution in [2.45, 2.75) is 33.2 Å². The van der Waals surface area contributed by atoms with E-state index in [-0.39, 0.29) is 6.04 Å². The molecule has 0 saturated heterocycles. The molecule has 1 atom stereocenters. The highest BCUT2D eigenvalue weighted by atomic mass is 32.1. The first-order valence-electron chi connectivity index (χ1n) is 12.1. The number of hydrogen-bond donors (Lipinski definition) is 1. The van der Waals surface area contributed by atoms with Crippen LogP contribution in [0.4, 0.5) is 5.69 Å². The third-order valence-corrected chi connectivity index (χ3v) is 6.60. The lowest BCUT2D eigenvalue weighted by molar-refractivity contribution is 0.340. The van der Waals surface area contributed by atoms with E-state index in [9.17, 15) is 0 Å². The number of aromatic nitrogens is 2. The molecule has 0 bridgehead atoms. The van der Waals surface area contributed by atoms with Gasteiger partial charge in [0.2, 0.25) is 5.82 Å². The van der Waals surface area contributed by atoms with Crippen molar-refractivity contribution in [1.29, 1.82) is 0 Å². The second-order valence-corrected chi connectivity index (χ2v) is 8.91. The van der Waals surface area contributed by atoms with E-state index in [1.807, 2.05) is 73.3 Å². The van der Waals surface area contributed by atoms with Gasteiger partial charge >= 0.3 is 0 Å². The topological polar surface area (TPSA) is 63.4 Å². The van der Waals surface area contributed by atoms with E-state index in [1.165, 1.54) is 5.56 Å². The maximum atomic E-state index is 5.86. The van der Waals surface area contributed by atoms with Crippen LogP contribution in [-0.4, -0.2) is 21.9 Å². The number of allylic oxidation sites excluding steroid dienone is 1. The third-order valence-electron chi connectivity index (χ3n) is 6.30. The summed E-state index contributed by atoms with van der Waals surface area (Å²) in [5, 5.41) is 8.42. The Bertz CT molecular complexity index is 1380. The normalized spacial score (nSPS) is 15.7. The van der Waals surface area contributed by atoms with Crippen molar-refractivity contribution in [2.75, 3.05) is 11.5 Å². The Balaban J connectivity index is 1.59. The minimum Gasteiger partial charge on any atom is -0.494 e. The Morgan fingerprint density at radius 2 is 1.69 bits per heavy atom. The third kappa shape index (κ3) is 4.62. The molecule has 7 heteroatoms. The van der Waals surface area contributed by atoms with Crippen molar-refractivity contribution in [3.63, 3.8) is 0 Å². The first-order chi connectivity index (χ1) is 17.6. The maximum absolute atomic E-state index is 5.86. The Morgan fingerprint density at radius 3 is 2.36 bits per heavy atom. The van der Waals surface area contributed by atoms with E-state index in [0.29, 0.717) is 23.4 Å². The summed E-state index contributed by atoms with van der Waals surface area (Å²) in [6.07, 6.45) is 0.982. The summed E-state index contributed by atoms with van der Waals surface area (Å²) in [5.41, 5.74) is 5.97. The number of ether oxygens (including phenoxy) is 1. The van der Waals surface area contributed by atoms with E-state index in [0.717, 1.165) is 40.3 Å².